The SMILES string of the molecule is Cc1ocnc1CNCc1c(C2CC2)cnn1C. The molecule has 1 fully saturated rings. The molecular formula is C13H18N4O. The Bertz CT molecular complexity index is 539. The Morgan fingerprint density at radius 3 is 2.94 bits per heavy atom. The van der Waals surface area contributed by atoms with E-state index in [4.69, 9.17) is 4.42 Å². The van der Waals surface area contributed by atoms with Crippen LogP contribution in [0.2, 0.25) is 0 Å². The van der Waals surface area contributed by atoms with Crippen LogP contribution in [-0.4, -0.2) is 14.8 Å². The summed E-state index contributed by atoms with van der Waals surface area (Å²) in [6, 6.07) is 0. The molecule has 1 aliphatic rings. The summed E-state index contributed by atoms with van der Waals surface area (Å²) in [5, 5.41) is 7.77. The molecule has 2 aromatic rings. The van der Waals surface area contributed by atoms with Gasteiger partial charge < -0.3 is 9.73 Å². The number of nitrogens with one attached hydrogen (secondary N) is 1. The maximum Gasteiger partial charge on any atom is 0.181 e. The van der Waals surface area contributed by atoms with Crippen molar-refractivity contribution in [3.8, 4) is 0 Å². The summed E-state index contributed by atoms with van der Waals surface area (Å²) in [6.45, 7) is 3.50. The summed E-state index contributed by atoms with van der Waals surface area (Å²) in [5.41, 5.74) is 3.67. The lowest BCUT2D eigenvalue weighted by molar-refractivity contribution is 0.521. The van der Waals surface area contributed by atoms with Crippen LogP contribution in [0.1, 0.15) is 41.5 Å². The van der Waals surface area contributed by atoms with E-state index in [-0.39, 0.29) is 0 Å². The summed E-state index contributed by atoms with van der Waals surface area (Å²) in [7, 11) is 2.00. The molecule has 0 amide bonds. The largest absolute Gasteiger partial charge is 0.448 e. The highest BCUT2D eigenvalue weighted by Crippen LogP contribution is 2.41. The number of aromatic nitrogens is 3. The van der Waals surface area contributed by atoms with Gasteiger partial charge in [-0.2, -0.15) is 5.10 Å². The van der Waals surface area contributed by atoms with Gasteiger partial charge in [0.15, 0.2) is 6.39 Å². The third-order valence-electron chi connectivity index (χ3n) is 3.54. The number of aryl methyl sites for hydroxylation is 2. The second-order valence-corrected chi connectivity index (χ2v) is 4.90. The van der Waals surface area contributed by atoms with Crippen molar-refractivity contribution in [2.75, 3.05) is 0 Å². The Balaban J connectivity index is 1.63. The van der Waals surface area contributed by atoms with E-state index in [1.54, 1.807) is 0 Å². The molecule has 1 N–H and O–H groups in total. The van der Waals surface area contributed by atoms with Gasteiger partial charge in [0, 0.05) is 20.1 Å². The van der Waals surface area contributed by atoms with Gasteiger partial charge in [-0.15, -0.1) is 0 Å². The average molecular weight is 246 g/mol. The Morgan fingerprint density at radius 2 is 2.28 bits per heavy atom. The number of nitrogens with zero attached hydrogens (tertiary/aromatic N) is 3. The zero-order valence-electron chi connectivity index (χ0n) is 10.8. The molecule has 18 heavy (non-hydrogen) atoms. The van der Waals surface area contributed by atoms with E-state index in [0.717, 1.165) is 30.5 Å². The van der Waals surface area contributed by atoms with Crippen LogP contribution in [0.15, 0.2) is 17.0 Å². The second kappa shape index (κ2) is 4.57. The van der Waals surface area contributed by atoms with E-state index in [1.165, 1.54) is 30.5 Å². The van der Waals surface area contributed by atoms with Crippen molar-refractivity contribution in [1.82, 2.24) is 20.1 Å². The van der Waals surface area contributed by atoms with E-state index in [0.29, 0.717) is 0 Å². The van der Waals surface area contributed by atoms with Crippen molar-refractivity contribution < 1.29 is 4.42 Å². The van der Waals surface area contributed by atoms with Gasteiger partial charge >= 0.3 is 0 Å². The summed E-state index contributed by atoms with van der Waals surface area (Å²) in [6.07, 6.45) is 6.12. The summed E-state index contributed by atoms with van der Waals surface area (Å²) in [5.74, 6) is 1.62. The number of hydrogen-bond donors (Lipinski definition) is 1. The van der Waals surface area contributed by atoms with Gasteiger partial charge in [-0.25, -0.2) is 4.98 Å². The second-order valence-electron chi connectivity index (χ2n) is 4.90. The van der Waals surface area contributed by atoms with Crippen LogP contribution in [0.3, 0.4) is 0 Å². The highest BCUT2D eigenvalue weighted by Gasteiger charge is 2.27. The molecule has 0 radical (unpaired) electrons. The Morgan fingerprint density at radius 1 is 1.44 bits per heavy atom. The molecule has 0 aliphatic heterocycles. The van der Waals surface area contributed by atoms with Crippen LogP contribution in [-0.2, 0) is 20.1 Å². The molecule has 3 rings (SSSR count). The standard InChI is InChI=1S/C13H18N4O/c1-9-12(15-8-18-9)6-14-7-13-11(10-3-4-10)5-16-17(13)2/h5,8,10,14H,3-4,6-7H2,1-2H3. The highest BCUT2D eigenvalue weighted by atomic mass is 16.3. The molecule has 0 saturated heterocycles. The van der Waals surface area contributed by atoms with E-state index < -0.39 is 0 Å². The molecule has 96 valence electrons. The normalized spacial score (nSPS) is 15.2. The molecule has 2 aromatic heterocycles. The maximum absolute atomic E-state index is 5.18. The van der Waals surface area contributed by atoms with Gasteiger partial charge in [0.05, 0.1) is 17.6 Å². The van der Waals surface area contributed by atoms with Crippen molar-refractivity contribution in [2.24, 2.45) is 7.05 Å². The highest BCUT2D eigenvalue weighted by molar-refractivity contribution is 5.26. The molecule has 0 unspecified atom stereocenters. The van der Waals surface area contributed by atoms with E-state index in [1.807, 2.05) is 24.9 Å². The van der Waals surface area contributed by atoms with Crippen LogP contribution in [0.4, 0.5) is 0 Å². The quantitative estimate of drug-likeness (QED) is 0.875. The monoisotopic (exact) mass is 246 g/mol. The van der Waals surface area contributed by atoms with Crippen molar-refractivity contribution in [3.63, 3.8) is 0 Å². The molecular weight excluding hydrogens is 228 g/mol. The van der Waals surface area contributed by atoms with E-state index in [2.05, 4.69) is 15.4 Å². The van der Waals surface area contributed by atoms with Gasteiger partial charge in [0.2, 0.25) is 0 Å². The number of oxazole rings is 1. The smallest absolute Gasteiger partial charge is 0.181 e. The third kappa shape index (κ3) is 2.18. The molecule has 5 heteroatoms. The lowest BCUT2D eigenvalue weighted by Crippen LogP contribution is -2.17. The van der Waals surface area contributed by atoms with Crippen LogP contribution in [0, 0.1) is 6.92 Å². The van der Waals surface area contributed by atoms with Crippen LogP contribution < -0.4 is 5.32 Å². The summed E-state index contributed by atoms with van der Waals surface area (Å²) < 4.78 is 7.15. The Labute approximate surface area is 106 Å². The minimum atomic E-state index is 0.734. The summed E-state index contributed by atoms with van der Waals surface area (Å²) in [4.78, 5) is 4.18. The van der Waals surface area contributed by atoms with Crippen LogP contribution in [0.5, 0.6) is 0 Å². The molecule has 1 saturated carbocycles. The maximum atomic E-state index is 5.18. The zero-order valence-corrected chi connectivity index (χ0v) is 10.8. The molecule has 0 atom stereocenters. The Kier molecular flexibility index (Phi) is 2.91. The van der Waals surface area contributed by atoms with Crippen LogP contribution >= 0.6 is 0 Å². The summed E-state index contributed by atoms with van der Waals surface area (Å²) >= 11 is 0. The first kappa shape index (κ1) is 11.5. The topological polar surface area (TPSA) is 55.9 Å². The fourth-order valence-electron chi connectivity index (χ4n) is 2.23. The number of rotatable bonds is 5. The van der Waals surface area contributed by atoms with Gasteiger partial charge in [-0.3, -0.25) is 4.68 Å². The van der Waals surface area contributed by atoms with E-state index in [9.17, 15) is 0 Å². The lowest BCUT2D eigenvalue weighted by Gasteiger charge is -2.06. The minimum absolute atomic E-state index is 0.734. The predicted octanol–water partition coefficient (Wildman–Crippen LogP) is 1.88. The van der Waals surface area contributed by atoms with Gasteiger partial charge in [-0.05, 0) is 31.2 Å². The van der Waals surface area contributed by atoms with Gasteiger partial charge in [0.25, 0.3) is 0 Å². The molecule has 5 nitrogen and oxygen atoms in total. The van der Waals surface area contributed by atoms with Crippen molar-refractivity contribution >= 4 is 0 Å². The molecule has 0 bridgehead atoms. The molecule has 0 aromatic carbocycles. The lowest BCUT2D eigenvalue weighted by atomic mass is 10.1. The first-order chi connectivity index (χ1) is 8.75. The molecule has 0 spiro atoms. The molecule has 1 aliphatic carbocycles. The van der Waals surface area contributed by atoms with Gasteiger partial charge in [-0.1, -0.05) is 0 Å². The average Bonchev–Trinajstić information content (AvgIpc) is 3.03. The van der Waals surface area contributed by atoms with E-state index >= 15 is 0 Å². The van der Waals surface area contributed by atoms with Crippen molar-refractivity contribution in [2.45, 2.75) is 38.8 Å². The number of hydrogen-bond acceptors (Lipinski definition) is 4. The van der Waals surface area contributed by atoms with Crippen molar-refractivity contribution in [3.05, 3.63) is 35.3 Å². The fraction of sp³-hybridized carbons (Fsp3) is 0.538. The van der Waals surface area contributed by atoms with Crippen molar-refractivity contribution in [1.29, 1.82) is 0 Å². The Hall–Kier alpha value is -1.62. The first-order valence-electron chi connectivity index (χ1n) is 6.36. The third-order valence-corrected chi connectivity index (χ3v) is 3.54. The zero-order chi connectivity index (χ0) is 12.5. The van der Waals surface area contributed by atoms with Gasteiger partial charge in [0.1, 0.15) is 5.76 Å². The predicted molar refractivity (Wildman–Crippen MR) is 67.0 cm³/mol. The minimum Gasteiger partial charge on any atom is -0.448 e. The van der Waals surface area contributed by atoms with Crippen LogP contribution in [0.25, 0.3) is 0 Å². The fourth-order valence-corrected chi connectivity index (χ4v) is 2.23. The first-order valence-corrected chi connectivity index (χ1v) is 6.36. The molecule has 2 heterocycles.